The maximum atomic E-state index is 12.6. The van der Waals surface area contributed by atoms with E-state index in [1.807, 2.05) is 11.8 Å². The molecule has 0 spiro atoms. The molecule has 1 atom stereocenters. The van der Waals surface area contributed by atoms with Crippen LogP contribution in [0.5, 0.6) is 0 Å². The van der Waals surface area contributed by atoms with E-state index in [-0.39, 0.29) is 24.0 Å². The maximum Gasteiger partial charge on any atom is 0.319 e. The second-order valence-electron chi connectivity index (χ2n) is 6.48. The number of ether oxygens (including phenoxy) is 2. The molecule has 7 nitrogen and oxygen atoms in total. The molecule has 0 bridgehead atoms. The lowest BCUT2D eigenvalue weighted by Gasteiger charge is -2.33. The van der Waals surface area contributed by atoms with Crippen LogP contribution >= 0.6 is 0 Å². The quantitative estimate of drug-likeness (QED) is 0.874. The number of rotatable bonds is 3. The van der Waals surface area contributed by atoms with E-state index in [0.29, 0.717) is 44.2 Å². The Bertz CT molecular complexity index is 599. The van der Waals surface area contributed by atoms with Crippen LogP contribution in [0.1, 0.15) is 30.1 Å². The van der Waals surface area contributed by atoms with Gasteiger partial charge >= 0.3 is 6.03 Å². The fourth-order valence-corrected chi connectivity index (χ4v) is 3.09. The van der Waals surface area contributed by atoms with Gasteiger partial charge in [0.15, 0.2) is 0 Å². The SMILES string of the molecule is CC1COCCN1C(=O)c1ccc(NC(=O)NC2CCOCC2)cc1. The number of benzene rings is 1. The lowest BCUT2D eigenvalue weighted by molar-refractivity contribution is 0.00359. The van der Waals surface area contributed by atoms with Gasteiger partial charge in [-0.3, -0.25) is 4.79 Å². The summed E-state index contributed by atoms with van der Waals surface area (Å²) in [5.74, 6) is -0.00555. The zero-order chi connectivity index (χ0) is 17.6. The number of hydrogen-bond acceptors (Lipinski definition) is 4. The van der Waals surface area contributed by atoms with Crippen molar-refractivity contribution in [2.24, 2.45) is 0 Å². The molecule has 136 valence electrons. The maximum absolute atomic E-state index is 12.6. The molecule has 2 aliphatic rings. The first-order chi connectivity index (χ1) is 12.1. The third-order valence-corrected chi connectivity index (χ3v) is 4.57. The summed E-state index contributed by atoms with van der Waals surface area (Å²) in [7, 11) is 0. The van der Waals surface area contributed by atoms with Gasteiger partial charge in [0.25, 0.3) is 5.91 Å². The van der Waals surface area contributed by atoms with E-state index in [1.165, 1.54) is 0 Å². The molecule has 2 aliphatic heterocycles. The normalized spacial score (nSPS) is 21.6. The molecular formula is C18H25N3O4. The van der Waals surface area contributed by atoms with Crippen LogP contribution in [0.2, 0.25) is 0 Å². The summed E-state index contributed by atoms with van der Waals surface area (Å²) in [5.41, 5.74) is 1.28. The van der Waals surface area contributed by atoms with Crippen molar-refractivity contribution in [2.75, 3.05) is 38.3 Å². The first-order valence-corrected chi connectivity index (χ1v) is 8.77. The van der Waals surface area contributed by atoms with Gasteiger partial charge in [0.2, 0.25) is 0 Å². The Balaban J connectivity index is 1.54. The van der Waals surface area contributed by atoms with E-state index >= 15 is 0 Å². The highest BCUT2D eigenvalue weighted by atomic mass is 16.5. The molecule has 2 heterocycles. The fraction of sp³-hybridized carbons (Fsp3) is 0.556. The van der Waals surface area contributed by atoms with Gasteiger partial charge in [0.1, 0.15) is 0 Å². The van der Waals surface area contributed by atoms with Crippen molar-refractivity contribution in [2.45, 2.75) is 31.8 Å². The number of anilines is 1. The zero-order valence-corrected chi connectivity index (χ0v) is 14.5. The Morgan fingerprint density at radius 2 is 1.80 bits per heavy atom. The first-order valence-electron chi connectivity index (χ1n) is 8.77. The lowest BCUT2D eigenvalue weighted by Crippen LogP contribution is -2.47. The Morgan fingerprint density at radius 3 is 2.48 bits per heavy atom. The third-order valence-electron chi connectivity index (χ3n) is 4.57. The lowest BCUT2D eigenvalue weighted by atomic mass is 10.1. The first kappa shape index (κ1) is 17.7. The highest BCUT2D eigenvalue weighted by molar-refractivity contribution is 5.95. The number of nitrogens with zero attached hydrogens (tertiary/aromatic N) is 1. The summed E-state index contributed by atoms with van der Waals surface area (Å²) in [4.78, 5) is 26.4. The van der Waals surface area contributed by atoms with E-state index < -0.39 is 0 Å². The molecule has 3 amide bonds. The number of carbonyl (C=O) groups is 2. The van der Waals surface area contributed by atoms with Crippen molar-refractivity contribution in [3.8, 4) is 0 Å². The van der Waals surface area contributed by atoms with Crippen molar-refractivity contribution in [1.29, 1.82) is 0 Å². The van der Waals surface area contributed by atoms with E-state index in [9.17, 15) is 9.59 Å². The monoisotopic (exact) mass is 347 g/mol. The van der Waals surface area contributed by atoms with E-state index in [2.05, 4.69) is 10.6 Å². The van der Waals surface area contributed by atoms with Crippen LogP contribution in [0.4, 0.5) is 10.5 Å². The molecule has 0 aromatic heterocycles. The molecular weight excluding hydrogens is 322 g/mol. The van der Waals surface area contributed by atoms with Crippen molar-refractivity contribution in [3.63, 3.8) is 0 Å². The molecule has 0 radical (unpaired) electrons. The molecule has 3 rings (SSSR count). The fourth-order valence-electron chi connectivity index (χ4n) is 3.09. The van der Waals surface area contributed by atoms with E-state index in [1.54, 1.807) is 24.3 Å². The molecule has 1 unspecified atom stereocenters. The summed E-state index contributed by atoms with van der Waals surface area (Å²) >= 11 is 0. The van der Waals surface area contributed by atoms with Gasteiger partial charge in [0, 0.05) is 37.1 Å². The summed E-state index contributed by atoms with van der Waals surface area (Å²) < 4.78 is 10.6. The molecule has 2 saturated heterocycles. The van der Waals surface area contributed by atoms with Crippen molar-refractivity contribution >= 4 is 17.6 Å². The van der Waals surface area contributed by atoms with E-state index in [0.717, 1.165) is 12.8 Å². The van der Waals surface area contributed by atoms with Crippen LogP contribution in [0.3, 0.4) is 0 Å². The largest absolute Gasteiger partial charge is 0.381 e. The number of amides is 3. The summed E-state index contributed by atoms with van der Waals surface area (Å²) in [6.07, 6.45) is 1.66. The topological polar surface area (TPSA) is 79.9 Å². The zero-order valence-electron chi connectivity index (χ0n) is 14.5. The number of hydrogen-bond donors (Lipinski definition) is 2. The minimum Gasteiger partial charge on any atom is -0.381 e. The van der Waals surface area contributed by atoms with Crippen molar-refractivity contribution in [3.05, 3.63) is 29.8 Å². The highest BCUT2D eigenvalue weighted by Crippen LogP contribution is 2.15. The van der Waals surface area contributed by atoms with Gasteiger partial charge in [-0.1, -0.05) is 0 Å². The standard InChI is InChI=1S/C18H25N3O4/c1-13-12-25-11-8-21(13)17(22)14-2-4-15(5-3-14)19-18(23)20-16-6-9-24-10-7-16/h2-5,13,16H,6-12H2,1H3,(H2,19,20,23). The summed E-state index contributed by atoms with van der Waals surface area (Å²) in [6.45, 7) is 5.09. The molecule has 0 saturated carbocycles. The Labute approximate surface area is 147 Å². The molecule has 25 heavy (non-hydrogen) atoms. The molecule has 1 aromatic carbocycles. The van der Waals surface area contributed by atoms with E-state index in [4.69, 9.17) is 9.47 Å². The van der Waals surface area contributed by atoms with Gasteiger partial charge in [0.05, 0.1) is 19.3 Å². The molecule has 1 aromatic rings. The van der Waals surface area contributed by atoms with Crippen LogP contribution in [-0.2, 0) is 9.47 Å². The Kier molecular flexibility index (Phi) is 5.88. The number of urea groups is 1. The average molecular weight is 347 g/mol. The predicted octanol–water partition coefficient (Wildman–Crippen LogP) is 1.85. The molecule has 2 N–H and O–H groups in total. The number of morpholine rings is 1. The van der Waals surface area contributed by atoms with Crippen molar-refractivity contribution < 1.29 is 19.1 Å². The second-order valence-corrected chi connectivity index (χ2v) is 6.48. The van der Waals surface area contributed by atoms with Crippen LogP contribution in [0, 0.1) is 0 Å². The second kappa shape index (κ2) is 8.31. The van der Waals surface area contributed by atoms with Crippen LogP contribution < -0.4 is 10.6 Å². The van der Waals surface area contributed by atoms with Gasteiger partial charge in [-0.15, -0.1) is 0 Å². The molecule has 0 aliphatic carbocycles. The van der Waals surface area contributed by atoms with Gasteiger partial charge in [-0.2, -0.15) is 0 Å². The van der Waals surface area contributed by atoms with Crippen LogP contribution in [-0.4, -0.2) is 61.9 Å². The number of nitrogens with one attached hydrogen (secondary N) is 2. The minimum absolute atomic E-state index is 0.00555. The molecule has 2 fully saturated rings. The number of carbonyl (C=O) groups excluding carboxylic acids is 2. The summed E-state index contributed by atoms with van der Waals surface area (Å²) in [5, 5.41) is 5.75. The van der Waals surface area contributed by atoms with Crippen LogP contribution in [0.25, 0.3) is 0 Å². The van der Waals surface area contributed by atoms with Gasteiger partial charge < -0.3 is 25.0 Å². The highest BCUT2D eigenvalue weighted by Gasteiger charge is 2.24. The Morgan fingerprint density at radius 1 is 1.08 bits per heavy atom. The smallest absolute Gasteiger partial charge is 0.319 e. The summed E-state index contributed by atoms with van der Waals surface area (Å²) in [6, 6.07) is 6.99. The van der Waals surface area contributed by atoms with Gasteiger partial charge in [-0.25, -0.2) is 4.79 Å². The van der Waals surface area contributed by atoms with Gasteiger partial charge in [-0.05, 0) is 44.0 Å². The van der Waals surface area contributed by atoms with Crippen LogP contribution in [0.15, 0.2) is 24.3 Å². The average Bonchev–Trinajstić information content (AvgIpc) is 2.63. The molecule has 7 heteroatoms. The predicted molar refractivity (Wildman–Crippen MR) is 93.8 cm³/mol. The minimum atomic E-state index is -0.229. The third kappa shape index (κ3) is 4.70. The van der Waals surface area contributed by atoms with Crippen molar-refractivity contribution in [1.82, 2.24) is 10.2 Å². The Hall–Kier alpha value is -2.12.